The molecule has 0 bridgehead atoms. The van der Waals surface area contributed by atoms with Crippen molar-refractivity contribution in [3.8, 4) is 5.75 Å². The molecule has 2 rings (SSSR count). The molecule has 10 heteroatoms. The maximum Gasteiger partial charge on any atom is 0.488 e. The van der Waals surface area contributed by atoms with Crippen molar-refractivity contribution in [2.24, 2.45) is 5.92 Å². The van der Waals surface area contributed by atoms with Crippen LogP contribution in [0.4, 0.5) is 3.89 Å². The van der Waals surface area contributed by atoms with Gasteiger partial charge in [-0.1, -0.05) is 3.89 Å². The highest BCUT2D eigenvalue weighted by atomic mass is 32.3. The number of amides is 2. The molecule has 1 aliphatic heterocycles. The molecule has 120 valence electrons. The molecule has 0 spiro atoms. The molecule has 1 aromatic rings. The first-order valence-corrected chi connectivity index (χ1v) is 7.78. The van der Waals surface area contributed by atoms with Gasteiger partial charge in [0.2, 0.25) is 5.91 Å². The summed E-state index contributed by atoms with van der Waals surface area (Å²) in [4.78, 5) is 26.8. The minimum absolute atomic E-state index is 0.0291. The van der Waals surface area contributed by atoms with Crippen LogP contribution in [0.2, 0.25) is 0 Å². The Labute approximate surface area is 126 Å². The van der Waals surface area contributed by atoms with E-state index >= 15 is 0 Å². The van der Waals surface area contributed by atoms with Gasteiger partial charge in [-0.25, -0.2) is 0 Å². The Balaban J connectivity index is 1.94. The number of nitrogens with one attached hydrogen (secondary N) is 2. The average Bonchev–Trinajstić information content (AvgIpc) is 2.43. The largest absolute Gasteiger partial charge is 0.488 e. The molecule has 0 aliphatic carbocycles. The van der Waals surface area contributed by atoms with Crippen LogP contribution in [0.25, 0.3) is 0 Å². The highest BCUT2D eigenvalue weighted by Crippen LogP contribution is 2.15. The minimum atomic E-state index is -5.17. The fourth-order valence-corrected chi connectivity index (χ4v) is 2.39. The second-order valence-corrected chi connectivity index (χ2v) is 5.76. The van der Waals surface area contributed by atoms with Crippen molar-refractivity contribution in [3.63, 3.8) is 0 Å². The van der Waals surface area contributed by atoms with Crippen LogP contribution in [-0.4, -0.2) is 38.3 Å². The van der Waals surface area contributed by atoms with Gasteiger partial charge in [-0.15, -0.1) is 0 Å². The fourth-order valence-electron chi connectivity index (χ4n) is 2.07. The van der Waals surface area contributed by atoms with Crippen molar-refractivity contribution in [3.05, 3.63) is 24.0 Å². The Morgan fingerprint density at radius 3 is 2.95 bits per heavy atom. The Kier molecular flexibility index (Phi) is 4.91. The number of hydrogen-bond donors (Lipinski definition) is 2. The van der Waals surface area contributed by atoms with Gasteiger partial charge in [-0.05, 0) is 18.4 Å². The van der Waals surface area contributed by atoms with Crippen LogP contribution in [0, 0.1) is 5.92 Å². The lowest BCUT2D eigenvalue weighted by molar-refractivity contribution is -0.123. The summed E-state index contributed by atoms with van der Waals surface area (Å²) in [7, 11) is -5.17. The van der Waals surface area contributed by atoms with Crippen molar-refractivity contribution >= 4 is 22.3 Å². The van der Waals surface area contributed by atoms with Gasteiger partial charge in [0.1, 0.15) is 0 Å². The van der Waals surface area contributed by atoms with Crippen molar-refractivity contribution in [1.82, 2.24) is 15.6 Å². The summed E-state index contributed by atoms with van der Waals surface area (Å²) in [5, 5.41) is 5.31. The number of pyridine rings is 1. The zero-order valence-electron chi connectivity index (χ0n) is 11.4. The predicted octanol–water partition coefficient (Wildman–Crippen LogP) is -0.0693. The van der Waals surface area contributed by atoms with Crippen LogP contribution in [0.15, 0.2) is 18.5 Å². The summed E-state index contributed by atoms with van der Waals surface area (Å²) < 4.78 is 37.2. The molecule has 1 saturated heterocycles. The van der Waals surface area contributed by atoms with Crippen LogP contribution in [0.5, 0.6) is 5.75 Å². The third-order valence-corrected chi connectivity index (χ3v) is 3.46. The Bertz CT molecular complexity index is 679. The SMILES string of the molecule is O=C1CC(CNC(=O)c2cncc(OS(=O)(=O)F)c2)CCN1. The lowest BCUT2D eigenvalue weighted by Crippen LogP contribution is -2.39. The van der Waals surface area contributed by atoms with E-state index in [1.165, 1.54) is 6.20 Å². The molecule has 2 heterocycles. The van der Waals surface area contributed by atoms with Crippen LogP contribution in [-0.2, 0) is 15.3 Å². The Morgan fingerprint density at radius 2 is 2.27 bits per heavy atom. The van der Waals surface area contributed by atoms with Gasteiger partial charge in [-0.3, -0.25) is 14.6 Å². The molecule has 1 aliphatic rings. The summed E-state index contributed by atoms with van der Waals surface area (Å²) in [6, 6.07) is 1.06. The first kappa shape index (κ1) is 16.1. The molecule has 1 aromatic heterocycles. The number of carbonyl (C=O) groups excluding carboxylic acids is 2. The molecule has 0 aromatic carbocycles. The second kappa shape index (κ2) is 6.69. The predicted molar refractivity (Wildman–Crippen MR) is 73.0 cm³/mol. The molecule has 2 N–H and O–H groups in total. The van der Waals surface area contributed by atoms with Gasteiger partial charge < -0.3 is 14.8 Å². The van der Waals surface area contributed by atoms with E-state index in [9.17, 15) is 21.9 Å². The number of rotatable bonds is 5. The summed E-state index contributed by atoms with van der Waals surface area (Å²) in [6.07, 6.45) is 3.26. The van der Waals surface area contributed by atoms with Crippen molar-refractivity contribution in [1.29, 1.82) is 0 Å². The van der Waals surface area contributed by atoms with E-state index in [-0.39, 0.29) is 17.4 Å². The van der Waals surface area contributed by atoms with E-state index in [0.717, 1.165) is 18.7 Å². The monoisotopic (exact) mass is 331 g/mol. The number of nitrogens with zero attached hydrogens (tertiary/aromatic N) is 1. The average molecular weight is 331 g/mol. The van der Waals surface area contributed by atoms with Crippen LogP contribution >= 0.6 is 0 Å². The third kappa shape index (κ3) is 4.95. The summed E-state index contributed by atoms with van der Waals surface area (Å²) >= 11 is 0. The number of halogens is 1. The van der Waals surface area contributed by atoms with Gasteiger partial charge in [-0.2, -0.15) is 8.42 Å². The summed E-state index contributed by atoms with van der Waals surface area (Å²) in [5.41, 5.74) is 0.0291. The lowest BCUT2D eigenvalue weighted by Gasteiger charge is -2.22. The highest BCUT2D eigenvalue weighted by Gasteiger charge is 2.20. The van der Waals surface area contributed by atoms with E-state index < -0.39 is 22.2 Å². The number of carbonyl (C=O) groups is 2. The van der Waals surface area contributed by atoms with Crippen LogP contribution in [0.1, 0.15) is 23.2 Å². The molecule has 22 heavy (non-hydrogen) atoms. The fraction of sp³-hybridized carbons (Fsp3) is 0.417. The quantitative estimate of drug-likeness (QED) is 0.730. The number of hydrogen-bond acceptors (Lipinski definition) is 6. The molecular formula is C12H14FN3O5S. The Morgan fingerprint density at radius 1 is 1.50 bits per heavy atom. The third-order valence-electron chi connectivity index (χ3n) is 3.07. The minimum Gasteiger partial charge on any atom is -0.357 e. The van der Waals surface area contributed by atoms with Gasteiger partial charge in [0.05, 0.1) is 11.8 Å². The van der Waals surface area contributed by atoms with Crippen LogP contribution < -0.4 is 14.8 Å². The van der Waals surface area contributed by atoms with Gasteiger partial charge >= 0.3 is 10.5 Å². The molecule has 8 nitrogen and oxygen atoms in total. The van der Waals surface area contributed by atoms with E-state index in [0.29, 0.717) is 19.5 Å². The van der Waals surface area contributed by atoms with Crippen molar-refractivity contribution < 1.29 is 26.1 Å². The van der Waals surface area contributed by atoms with Gasteiger partial charge in [0.25, 0.3) is 5.91 Å². The normalized spacial score (nSPS) is 18.4. The first-order valence-electron chi connectivity index (χ1n) is 6.47. The van der Waals surface area contributed by atoms with Crippen LogP contribution in [0.3, 0.4) is 0 Å². The molecule has 1 fully saturated rings. The summed E-state index contributed by atoms with van der Waals surface area (Å²) in [6.45, 7) is 0.872. The van der Waals surface area contributed by atoms with E-state index in [1.807, 2.05) is 0 Å². The zero-order valence-corrected chi connectivity index (χ0v) is 12.2. The van der Waals surface area contributed by atoms with Crippen molar-refractivity contribution in [2.45, 2.75) is 12.8 Å². The lowest BCUT2D eigenvalue weighted by atomic mass is 9.97. The van der Waals surface area contributed by atoms with E-state index in [4.69, 9.17) is 0 Å². The highest BCUT2D eigenvalue weighted by molar-refractivity contribution is 7.81. The molecule has 1 unspecified atom stereocenters. The molecule has 2 amide bonds. The molecule has 0 radical (unpaired) electrons. The molecule has 0 saturated carbocycles. The van der Waals surface area contributed by atoms with Gasteiger partial charge in [0, 0.05) is 25.7 Å². The smallest absolute Gasteiger partial charge is 0.357 e. The standard InChI is InChI=1S/C12H14FN3O5S/c13-22(19,20)21-10-4-9(6-14-7-10)12(18)16-5-8-1-2-15-11(17)3-8/h4,6-8H,1-3,5H2,(H,15,17)(H,16,18). The van der Waals surface area contributed by atoms with Crippen molar-refractivity contribution in [2.75, 3.05) is 13.1 Å². The Hall–Kier alpha value is -2.23. The second-order valence-electron chi connectivity index (χ2n) is 4.80. The topological polar surface area (TPSA) is 114 Å². The maximum atomic E-state index is 12.4. The van der Waals surface area contributed by atoms with E-state index in [2.05, 4.69) is 19.8 Å². The first-order chi connectivity index (χ1) is 10.3. The zero-order chi connectivity index (χ0) is 16.2. The molecule has 1 atom stereocenters. The molecular weight excluding hydrogens is 317 g/mol. The van der Waals surface area contributed by atoms with Gasteiger partial charge in [0.15, 0.2) is 5.75 Å². The number of aromatic nitrogens is 1. The maximum absolute atomic E-state index is 12.4. The number of piperidine rings is 1. The summed E-state index contributed by atoms with van der Waals surface area (Å²) in [5.74, 6) is -0.931. The van der Waals surface area contributed by atoms with E-state index in [1.54, 1.807) is 0 Å².